The number of nitrogens with zero attached hydrogens (tertiary/aromatic N) is 2. The summed E-state index contributed by atoms with van der Waals surface area (Å²) in [5.41, 5.74) is 1.55. The molecule has 18 heavy (non-hydrogen) atoms. The maximum atomic E-state index is 10.6. The van der Waals surface area contributed by atoms with E-state index in [0.29, 0.717) is 12.2 Å². The first-order valence-electron chi connectivity index (χ1n) is 6.14. The van der Waals surface area contributed by atoms with E-state index in [-0.39, 0.29) is 18.1 Å². The summed E-state index contributed by atoms with van der Waals surface area (Å²) in [6.45, 7) is 4.11. The first-order valence-corrected chi connectivity index (χ1v) is 6.14. The van der Waals surface area contributed by atoms with Crippen molar-refractivity contribution >= 4 is 5.97 Å². The highest BCUT2D eigenvalue weighted by Crippen LogP contribution is 2.23. The Labute approximate surface area is 106 Å². The van der Waals surface area contributed by atoms with Gasteiger partial charge in [-0.3, -0.25) is 14.7 Å². The number of hydrogen-bond donors (Lipinski definition) is 2. The molecule has 1 fully saturated rings. The highest BCUT2D eigenvalue weighted by Gasteiger charge is 2.25. The van der Waals surface area contributed by atoms with Crippen LogP contribution < -0.4 is 0 Å². The van der Waals surface area contributed by atoms with E-state index in [1.54, 1.807) is 12.1 Å². The van der Waals surface area contributed by atoms with Crippen molar-refractivity contribution in [2.24, 2.45) is 5.92 Å². The Morgan fingerprint density at radius 1 is 1.56 bits per heavy atom. The highest BCUT2D eigenvalue weighted by atomic mass is 16.4. The van der Waals surface area contributed by atoms with E-state index in [2.05, 4.69) is 9.88 Å². The second kappa shape index (κ2) is 5.35. The van der Waals surface area contributed by atoms with Crippen molar-refractivity contribution in [1.82, 2.24) is 9.88 Å². The highest BCUT2D eigenvalue weighted by molar-refractivity contribution is 5.67. The topological polar surface area (TPSA) is 73.7 Å². The van der Waals surface area contributed by atoms with Gasteiger partial charge in [0.25, 0.3) is 0 Å². The number of aromatic hydroxyl groups is 1. The summed E-state index contributed by atoms with van der Waals surface area (Å²) >= 11 is 0. The van der Waals surface area contributed by atoms with Gasteiger partial charge in [0.15, 0.2) is 0 Å². The Morgan fingerprint density at radius 3 is 3.06 bits per heavy atom. The average molecular weight is 250 g/mol. The molecule has 0 aliphatic carbocycles. The number of pyridine rings is 1. The fraction of sp³-hybridized carbons (Fsp3) is 0.538. The van der Waals surface area contributed by atoms with E-state index in [1.165, 1.54) is 0 Å². The molecule has 0 bridgehead atoms. The molecule has 1 aliphatic rings. The number of likely N-dealkylation sites (tertiary alicyclic amines) is 1. The van der Waals surface area contributed by atoms with Gasteiger partial charge in [0.1, 0.15) is 5.75 Å². The third kappa shape index (κ3) is 3.20. The molecule has 0 aromatic carbocycles. The smallest absolute Gasteiger partial charge is 0.303 e. The zero-order valence-corrected chi connectivity index (χ0v) is 10.5. The summed E-state index contributed by atoms with van der Waals surface area (Å²) < 4.78 is 0. The molecule has 0 radical (unpaired) electrons. The number of hydrogen-bond acceptors (Lipinski definition) is 4. The van der Waals surface area contributed by atoms with Crippen LogP contribution in [0.25, 0.3) is 0 Å². The van der Waals surface area contributed by atoms with Crippen LogP contribution in [0.15, 0.2) is 12.1 Å². The van der Waals surface area contributed by atoms with Gasteiger partial charge in [-0.1, -0.05) is 0 Å². The normalized spacial score (nSPS) is 20.2. The predicted octanol–water partition coefficient (Wildman–Crippen LogP) is 1.39. The average Bonchev–Trinajstić information content (AvgIpc) is 2.70. The summed E-state index contributed by atoms with van der Waals surface area (Å²) in [4.78, 5) is 17.1. The minimum atomic E-state index is -0.738. The number of aliphatic carboxylic acids is 1. The maximum Gasteiger partial charge on any atom is 0.303 e. The van der Waals surface area contributed by atoms with Crippen LogP contribution >= 0.6 is 0 Å². The molecule has 1 unspecified atom stereocenters. The fourth-order valence-corrected chi connectivity index (χ4v) is 2.40. The van der Waals surface area contributed by atoms with Crippen molar-refractivity contribution in [2.45, 2.75) is 26.3 Å². The van der Waals surface area contributed by atoms with E-state index in [4.69, 9.17) is 5.11 Å². The minimum absolute atomic E-state index is 0.210. The number of aromatic nitrogens is 1. The minimum Gasteiger partial charge on any atom is -0.506 e. The van der Waals surface area contributed by atoms with Crippen LogP contribution in [-0.2, 0) is 11.3 Å². The van der Waals surface area contributed by atoms with Gasteiger partial charge in [-0.2, -0.15) is 0 Å². The van der Waals surface area contributed by atoms with E-state index in [0.717, 1.165) is 25.2 Å². The van der Waals surface area contributed by atoms with Gasteiger partial charge in [-0.25, -0.2) is 0 Å². The lowest BCUT2D eigenvalue weighted by molar-refractivity contribution is -0.138. The zero-order chi connectivity index (χ0) is 13.1. The van der Waals surface area contributed by atoms with Crippen molar-refractivity contribution in [3.63, 3.8) is 0 Å². The number of carboxylic acid groups (broad SMARTS) is 1. The van der Waals surface area contributed by atoms with Crippen molar-refractivity contribution in [3.05, 3.63) is 23.5 Å². The molecule has 1 aromatic rings. The van der Waals surface area contributed by atoms with Crippen LogP contribution in [0.3, 0.4) is 0 Å². The Bertz CT molecular complexity index is 448. The summed E-state index contributed by atoms with van der Waals surface area (Å²) in [7, 11) is 0. The lowest BCUT2D eigenvalue weighted by Crippen LogP contribution is -2.21. The molecular formula is C13H18N2O3. The van der Waals surface area contributed by atoms with E-state index < -0.39 is 5.97 Å². The van der Waals surface area contributed by atoms with Crippen molar-refractivity contribution in [3.8, 4) is 5.75 Å². The molecule has 5 nitrogen and oxygen atoms in total. The third-order valence-electron chi connectivity index (χ3n) is 3.30. The van der Waals surface area contributed by atoms with E-state index in [9.17, 15) is 9.90 Å². The second-order valence-electron chi connectivity index (χ2n) is 4.91. The molecule has 2 rings (SSSR count). The number of aryl methyl sites for hydroxylation is 1. The standard InChI is InChI=1S/C13H18N2O3/c1-9-2-3-12(16)11(14-9)8-15-5-4-10(7-15)6-13(17)18/h2-3,10,16H,4-8H2,1H3,(H,17,18). The van der Waals surface area contributed by atoms with Crippen molar-refractivity contribution in [1.29, 1.82) is 0 Å². The molecule has 98 valence electrons. The van der Waals surface area contributed by atoms with Crippen LogP contribution in [0, 0.1) is 12.8 Å². The Morgan fingerprint density at radius 2 is 2.33 bits per heavy atom. The van der Waals surface area contributed by atoms with Gasteiger partial charge in [-0.15, -0.1) is 0 Å². The van der Waals surface area contributed by atoms with E-state index in [1.807, 2.05) is 6.92 Å². The van der Waals surface area contributed by atoms with Crippen LogP contribution in [0.4, 0.5) is 0 Å². The Balaban J connectivity index is 1.95. The molecule has 1 atom stereocenters. The lowest BCUT2D eigenvalue weighted by Gasteiger charge is -2.16. The van der Waals surface area contributed by atoms with Crippen LogP contribution in [0.1, 0.15) is 24.2 Å². The van der Waals surface area contributed by atoms with Crippen LogP contribution in [0.5, 0.6) is 5.75 Å². The fourth-order valence-electron chi connectivity index (χ4n) is 2.40. The quantitative estimate of drug-likeness (QED) is 0.844. The van der Waals surface area contributed by atoms with Gasteiger partial charge in [0, 0.05) is 25.2 Å². The van der Waals surface area contributed by atoms with Gasteiger partial charge < -0.3 is 10.2 Å². The molecule has 1 aromatic heterocycles. The lowest BCUT2D eigenvalue weighted by atomic mass is 10.1. The number of carbonyl (C=O) groups is 1. The van der Waals surface area contributed by atoms with Gasteiger partial charge in [0.2, 0.25) is 0 Å². The molecule has 0 spiro atoms. The Hall–Kier alpha value is -1.62. The van der Waals surface area contributed by atoms with Gasteiger partial charge in [0.05, 0.1) is 5.69 Å². The van der Waals surface area contributed by atoms with Gasteiger partial charge in [-0.05, 0) is 37.9 Å². The van der Waals surface area contributed by atoms with Crippen molar-refractivity contribution in [2.75, 3.05) is 13.1 Å². The SMILES string of the molecule is Cc1ccc(O)c(CN2CCC(CC(=O)O)C2)n1. The molecule has 5 heteroatoms. The number of carboxylic acids is 1. The second-order valence-corrected chi connectivity index (χ2v) is 4.91. The summed E-state index contributed by atoms with van der Waals surface area (Å²) in [5, 5.41) is 18.5. The summed E-state index contributed by atoms with van der Waals surface area (Å²) in [6.07, 6.45) is 1.13. The first kappa shape index (κ1) is 12.8. The van der Waals surface area contributed by atoms with E-state index >= 15 is 0 Å². The molecule has 0 amide bonds. The summed E-state index contributed by atoms with van der Waals surface area (Å²) in [6, 6.07) is 3.43. The first-order chi connectivity index (χ1) is 8.54. The largest absolute Gasteiger partial charge is 0.506 e. The molecular weight excluding hydrogens is 232 g/mol. The van der Waals surface area contributed by atoms with Gasteiger partial charge >= 0.3 is 5.97 Å². The van der Waals surface area contributed by atoms with Crippen LogP contribution in [0.2, 0.25) is 0 Å². The number of rotatable bonds is 4. The monoisotopic (exact) mass is 250 g/mol. The Kier molecular flexibility index (Phi) is 3.81. The molecule has 0 saturated carbocycles. The molecule has 2 N–H and O–H groups in total. The third-order valence-corrected chi connectivity index (χ3v) is 3.30. The van der Waals surface area contributed by atoms with Crippen LogP contribution in [-0.4, -0.2) is 39.2 Å². The molecule has 1 aliphatic heterocycles. The zero-order valence-electron chi connectivity index (χ0n) is 10.5. The predicted molar refractivity (Wildman–Crippen MR) is 66.3 cm³/mol. The summed E-state index contributed by atoms with van der Waals surface area (Å²) in [5.74, 6) is -0.310. The molecule has 1 saturated heterocycles. The van der Waals surface area contributed by atoms with Crippen molar-refractivity contribution < 1.29 is 15.0 Å². The maximum absolute atomic E-state index is 10.6. The molecule has 2 heterocycles.